The Bertz CT molecular complexity index is 312. The second-order valence-electron chi connectivity index (χ2n) is 3.81. The number of amidine groups is 1. The molecule has 0 saturated heterocycles. The van der Waals surface area contributed by atoms with E-state index < -0.39 is 0 Å². The quantitative estimate of drug-likeness (QED) is 0.329. The minimum atomic E-state index is 0.376. The van der Waals surface area contributed by atoms with Crippen LogP contribution in [-0.4, -0.2) is 5.84 Å². The molecule has 0 amide bonds. The number of hydrogen-bond donors (Lipinski definition) is 2. The third-order valence-corrected chi connectivity index (χ3v) is 2.03. The van der Waals surface area contributed by atoms with Crippen molar-refractivity contribution in [2.24, 2.45) is 22.6 Å². The maximum atomic E-state index is 5.57. The zero-order valence-electron chi connectivity index (χ0n) is 8.70. The topological polar surface area (TPSA) is 64.4 Å². The average molecular weight is 191 g/mol. The van der Waals surface area contributed by atoms with Gasteiger partial charge >= 0.3 is 0 Å². The average Bonchev–Trinajstić information content (AvgIpc) is 2.17. The normalized spacial score (nSPS) is 12.1. The van der Waals surface area contributed by atoms with Crippen LogP contribution < -0.4 is 11.6 Å². The second kappa shape index (κ2) is 4.65. The molecule has 0 atom stereocenters. The summed E-state index contributed by atoms with van der Waals surface area (Å²) in [6, 6.07) is 8.02. The van der Waals surface area contributed by atoms with Crippen molar-refractivity contribution in [1.82, 2.24) is 0 Å². The fourth-order valence-corrected chi connectivity index (χ4v) is 1.36. The van der Waals surface area contributed by atoms with Gasteiger partial charge in [0.1, 0.15) is 5.84 Å². The van der Waals surface area contributed by atoms with Gasteiger partial charge in [-0.1, -0.05) is 38.1 Å². The van der Waals surface area contributed by atoms with Crippen LogP contribution in [0.5, 0.6) is 0 Å². The predicted octanol–water partition coefficient (Wildman–Crippen LogP) is 1.46. The molecule has 76 valence electrons. The maximum Gasteiger partial charge on any atom is 0.150 e. The molecule has 14 heavy (non-hydrogen) atoms. The van der Waals surface area contributed by atoms with Crippen molar-refractivity contribution in [2.45, 2.75) is 20.3 Å². The van der Waals surface area contributed by atoms with E-state index in [9.17, 15) is 0 Å². The molecule has 0 fully saturated rings. The van der Waals surface area contributed by atoms with Crippen LogP contribution in [0.4, 0.5) is 0 Å². The Labute approximate surface area is 84.8 Å². The molecule has 0 radical (unpaired) electrons. The highest BCUT2D eigenvalue weighted by Gasteiger charge is 2.00. The zero-order valence-corrected chi connectivity index (χ0v) is 8.70. The molecule has 3 nitrogen and oxygen atoms in total. The molecule has 4 N–H and O–H groups in total. The summed E-state index contributed by atoms with van der Waals surface area (Å²) in [5.74, 6) is 6.13. The number of hydrazone groups is 1. The van der Waals surface area contributed by atoms with Crippen LogP contribution in [0.1, 0.15) is 25.0 Å². The lowest BCUT2D eigenvalue weighted by atomic mass is 10.0. The first-order valence-electron chi connectivity index (χ1n) is 4.76. The van der Waals surface area contributed by atoms with E-state index in [2.05, 4.69) is 31.1 Å². The summed E-state index contributed by atoms with van der Waals surface area (Å²) in [4.78, 5) is 0. The van der Waals surface area contributed by atoms with Gasteiger partial charge < -0.3 is 11.6 Å². The van der Waals surface area contributed by atoms with Crippen molar-refractivity contribution in [3.63, 3.8) is 0 Å². The second-order valence-corrected chi connectivity index (χ2v) is 3.81. The van der Waals surface area contributed by atoms with Gasteiger partial charge in [0.2, 0.25) is 0 Å². The van der Waals surface area contributed by atoms with Crippen LogP contribution in [0, 0.1) is 5.92 Å². The Morgan fingerprint density at radius 1 is 1.29 bits per heavy atom. The van der Waals surface area contributed by atoms with E-state index in [1.165, 1.54) is 5.56 Å². The molecule has 1 aromatic rings. The van der Waals surface area contributed by atoms with Crippen molar-refractivity contribution in [1.29, 1.82) is 0 Å². The summed E-state index contributed by atoms with van der Waals surface area (Å²) < 4.78 is 0. The Morgan fingerprint density at radius 3 is 2.29 bits per heavy atom. The van der Waals surface area contributed by atoms with Gasteiger partial charge in [-0.25, -0.2) is 0 Å². The number of nitrogens with zero attached hydrogens (tertiary/aromatic N) is 1. The van der Waals surface area contributed by atoms with Crippen molar-refractivity contribution < 1.29 is 0 Å². The van der Waals surface area contributed by atoms with Crippen LogP contribution >= 0.6 is 0 Å². The van der Waals surface area contributed by atoms with Gasteiger partial charge in [0.25, 0.3) is 0 Å². The minimum absolute atomic E-state index is 0.376. The fraction of sp³-hybridized carbons (Fsp3) is 0.364. The number of rotatable bonds is 3. The van der Waals surface area contributed by atoms with E-state index in [1.807, 2.05) is 12.1 Å². The molecule has 0 aliphatic carbocycles. The molecule has 3 heteroatoms. The van der Waals surface area contributed by atoms with Crippen LogP contribution in [0.2, 0.25) is 0 Å². The zero-order chi connectivity index (χ0) is 10.6. The lowest BCUT2D eigenvalue weighted by molar-refractivity contribution is 0.647. The lowest BCUT2D eigenvalue weighted by Gasteiger charge is -2.05. The Morgan fingerprint density at radius 2 is 1.86 bits per heavy atom. The van der Waals surface area contributed by atoms with Gasteiger partial charge in [0.05, 0.1) is 0 Å². The Balaban J connectivity index is 2.78. The van der Waals surface area contributed by atoms with Crippen molar-refractivity contribution in [3.05, 3.63) is 35.4 Å². The Hall–Kier alpha value is -1.51. The van der Waals surface area contributed by atoms with Crippen molar-refractivity contribution in [3.8, 4) is 0 Å². The predicted molar refractivity (Wildman–Crippen MR) is 59.9 cm³/mol. The summed E-state index contributed by atoms with van der Waals surface area (Å²) in [6.07, 6.45) is 1.08. The highest BCUT2D eigenvalue weighted by Crippen LogP contribution is 2.09. The Kier molecular flexibility index (Phi) is 3.51. The first kappa shape index (κ1) is 10.6. The van der Waals surface area contributed by atoms with Gasteiger partial charge in [0.15, 0.2) is 0 Å². The van der Waals surface area contributed by atoms with Gasteiger partial charge in [-0.15, -0.1) is 0 Å². The molecular formula is C11H17N3. The molecule has 1 rings (SSSR count). The number of benzene rings is 1. The van der Waals surface area contributed by atoms with E-state index in [1.54, 1.807) is 0 Å². The third-order valence-electron chi connectivity index (χ3n) is 2.03. The molecule has 0 aliphatic rings. The molecule has 0 heterocycles. The highest BCUT2D eigenvalue weighted by atomic mass is 15.1. The molecule has 0 spiro atoms. The molecule has 0 bridgehead atoms. The van der Waals surface area contributed by atoms with Gasteiger partial charge in [-0.3, -0.25) is 0 Å². The van der Waals surface area contributed by atoms with E-state index in [0.717, 1.165) is 12.0 Å². The summed E-state index contributed by atoms with van der Waals surface area (Å²) in [7, 11) is 0. The minimum Gasteiger partial charge on any atom is -0.382 e. The van der Waals surface area contributed by atoms with E-state index in [0.29, 0.717) is 11.8 Å². The van der Waals surface area contributed by atoms with E-state index in [-0.39, 0.29) is 0 Å². The van der Waals surface area contributed by atoms with Crippen molar-refractivity contribution in [2.75, 3.05) is 0 Å². The molecule has 0 saturated carbocycles. The monoisotopic (exact) mass is 191 g/mol. The smallest absolute Gasteiger partial charge is 0.150 e. The summed E-state index contributed by atoms with van der Waals surface area (Å²) in [5.41, 5.74) is 7.76. The molecule has 0 aromatic heterocycles. The van der Waals surface area contributed by atoms with Gasteiger partial charge in [-0.2, -0.15) is 5.10 Å². The summed E-state index contributed by atoms with van der Waals surface area (Å²) >= 11 is 0. The number of nitrogens with two attached hydrogens (primary N) is 2. The highest BCUT2D eigenvalue weighted by molar-refractivity contribution is 5.97. The SMILES string of the molecule is CC(C)Cc1ccc(C(N)=NN)cc1. The van der Waals surface area contributed by atoms with Crippen LogP contribution in [0.25, 0.3) is 0 Å². The van der Waals surface area contributed by atoms with E-state index in [4.69, 9.17) is 11.6 Å². The molecular weight excluding hydrogens is 174 g/mol. The molecule has 0 unspecified atom stereocenters. The molecule has 1 aromatic carbocycles. The standard InChI is InChI=1S/C11H17N3/c1-8(2)7-9-3-5-10(6-4-9)11(12)14-13/h3-6,8H,7,13H2,1-2H3,(H2,12,14). The van der Waals surface area contributed by atoms with Crippen LogP contribution in [0.3, 0.4) is 0 Å². The summed E-state index contributed by atoms with van der Waals surface area (Å²) in [5, 5.41) is 3.44. The van der Waals surface area contributed by atoms with Gasteiger partial charge in [0, 0.05) is 5.56 Å². The van der Waals surface area contributed by atoms with Crippen molar-refractivity contribution >= 4 is 5.84 Å². The lowest BCUT2D eigenvalue weighted by Crippen LogP contribution is -2.15. The van der Waals surface area contributed by atoms with Crippen LogP contribution in [0.15, 0.2) is 29.4 Å². The first-order chi connectivity index (χ1) is 6.63. The fourth-order valence-electron chi connectivity index (χ4n) is 1.36. The largest absolute Gasteiger partial charge is 0.382 e. The summed E-state index contributed by atoms with van der Waals surface area (Å²) in [6.45, 7) is 4.40. The number of hydrogen-bond acceptors (Lipinski definition) is 2. The van der Waals surface area contributed by atoms with Gasteiger partial charge in [-0.05, 0) is 17.9 Å². The maximum absolute atomic E-state index is 5.57. The molecule has 0 aliphatic heterocycles. The van der Waals surface area contributed by atoms with Crippen LogP contribution in [-0.2, 0) is 6.42 Å². The first-order valence-corrected chi connectivity index (χ1v) is 4.76. The third kappa shape index (κ3) is 2.76. The van der Waals surface area contributed by atoms with E-state index >= 15 is 0 Å².